The average molecular weight is 239 g/mol. The molecular weight excluding hydrogens is 218 g/mol. The standard InChI is InChI=1S/C13H21NO3/c1-6-8-14-13(11(15)16-5)9-10(17-7-2)12(13,3)4/h1,10,14H,7-9H2,2-5H3/t10-,13+/m1/s1. The van der Waals surface area contributed by atoms with Gasteiger partial charge < -0.3 is 9.47 Å². The molecule has 2 atom stereocenters. The fourth-order valence-electron chi connectivity index (χ4n) is 2.50. The van der Waals surface area contributed by atoms with Crippen LogP contribution < -0.4 is 5.32 Å². The van der Waals surface area contributed by atoms with Crippen molar-refractivity contribution in [1.29, 1.82) is 0 Å². The fraction of sp³-hybridized carbons (Fsp3) is 0.769. The normalized spacial score (nSPS) is 30.2. The van der Waals surface area contributed by atoms with Gasteiger partial charge in [0.25, 0.3) is 0 Å². The van der Waals surface area contributed by atoms with Gasteiger partial charge >= 0.3 is 5.97 Å². The second-order valence-corrected chi connectivity index (χ2v) is 4.82. The maximum absolute atomic E-state index is 12.0. The van der Waals surface area contributed by atoms with Crippen LogP contribution in [0.3, 0.4) is 0 Å². The molecule has 4 nitrogen and oxygen atoms in total. The van der Waals surface area contributed by atoms with E-state index < -0.39 is 5.54 Å². The highest BCUT2D eigenvalue weighted by molar-refractivity contribution is 5.84. The summed E-state index contributed by atoms with van der Waals surface area (Å²) < 4.78 is 10.5. The second kappa shape index (κ2) is 5.07. The van der Waals surface area contributed by atoms with Crippen molar-refractivity contribution in [3.05, 3.63) is 0 Å². The highest BCUT2D eigenvalue weighted by atomic mass is 16.5. The predicted molar refractivity (Wildman–Crippen MR) is 65.4 cm³/mol. The van der Waals surface area contributed by atoms with Crippen LogP contribution in [-0.4, -0.2) is 37.9 Å². The monoisotopic (exact) mass is 239 g/mol. The molecule has 0 aromatic rings. The molecule has 0 saturated heterocycles. The molecule has 0 unspecified atom stereocenters. The van der Waals surface area contributed by atoms with Gasteiger partial charge in [-0.05, 0) is 6.92 Å². The molecule has 0 aliphatic heterocycles. The zero-order chi connectivity index (χ0) is 13.1. The Labute approximate surface area is 103 Å². The van der Waals surface area contributed by atoms with E-state index in [1.165, 1.54) is 7.11 Å². The summed E-state index contributed by atoms with van der Waals surface area (Å²) in [7, 11) is 1.39. The third-order valence-corrected chi connectivity index (χ3v) is 3.79. The summed E-state index contributed by atoms with van der Waals surface area (Å²) in [5.41, 5.74) is -1.05. The Morgan fingerprint density at radius 2 is 2.24 bits per heavy atom. The summed E-state index contributed by atoms with van der Waals surface area (Å²) in [6.07, 6.45) is 5.89. The number of hydrogen-bond acceptors (Lipinski definition) is 4. The van der Waals surface area contributed by atoms with Crippen LogP contribution in [0.4, 0.5) is 0 Å². The van der Waals surface area contributed by atoms with Crippen LogP contribution >= 0.6 is 0 Å². The number of nitrogens with one attached hydrogen (secondary N) is 1. The summed E-state index contributed by atoms with van der Waals surface area (Å²) in [6, 6.07) is 0. The van der Waals surface area contributed by atoms with E-state index in [-0.39, 0.29) is 17.5 Å². The number of methoxy groups -OCH3 is 1. The smallest absolute Gasteiger partial charge is 0.326 e. The minimum atomic E-state index is -0.728. The Bertz CT molecular complexity index is 332. The number of ether oxygens (including phenoxy) is 2. The fourth-order valence-corrected chi connectivity index (χ4v) is 2.50. The van der Waals surface area contributed by atoms with Crippen molar-refractivity contribution in [2.45, 2.75) is 38.8 Å². The lowest BCUT2D eigenvalue weighted by Crippen LogP contribution is -2.75. The van der Waals surface area contributed by atoms with Crippen LogP contribution in [0.2, 0.25) is 0 Å². The van der Waals surface area contributed by atoms with Crippen molar-refractivity contribution in [3.8, 4) is 12.3 Å². The molecule has 1 aliphatic rings. The van der Waals surface area contributed by atoms with Gasteiger partial charge in [-0.25, -0.2) is 0 Å². The van der Waals surface area contributed by atoms with Gasteiger partial charge in [0.2, 0.25) is 0 Å². The molecule has 0 radical (unpaired) electrons. The molecule has 4 heteroatoms. The molecule has 1 saturated carbocycles. The van der Waals surface area contributed by atoms with Crippen molar-refractivity contribution < 1.29 is 14.3 Å². The quantitative estimate of drug-likeness (QED) is 0.573. The topological polar surface area (TPSA) is 47.6 Å². The summed E-state index contributed by atoms with van der Waals surface area (Å²) in [5, 5.41) is 3.12. The molecular formula is C13H21NO3. The van der Waals surface area contributed by atoms with Crippen LogP contribution in [0, 0.1) is 17.8 Å². The Hall–Kier alpha value is -1.05. The van der Waals surface area contributed by atoms with Crippen LogP contribution in [0.1, 0.15) is 27.2 Å². The number of terminal acetylenes is 1. The van der Waals surface area contributed by atoms with Gasteiger partial charge in [0.15, 0.2) is 0 Å². The molecule has 1 aliphatic carbocycles. The first-order valence-electron chi connectivity index (χ1n) is 5.84. The van der Waals surface area contributed by atoms with E-state index in [9.17, 15) is 4.79 Å². The summed E-state index contributed by atoms with van der Waals surface area (Å²) in [5.74, 6) is 2.23. The number of esters is 1. The van der Waals surface area contributed by atoms with Gasteiger partial charge in [-0.15, -0.1) is 6.42 Å². The van der Waals surface area contributed by atoms with Crippen molar-refractivity contribution in [1.82, 2.24) is 5.32 Å². The highest BCUT2D eigenvalue weighted by Crippen LogP contribution is 2.51. The highest BCUT2D eigenvalue weighted by Gasteiger charge is 2.65. The molecule has 0 aromatic carbocycles. The van der Waals surface area contributed by atoms with Gasteiger partial charge in [-0.1, -0.05) is 19.8 Å². The van der Waals surface area contributed by atoms with Crippen molar-refractivity contribution >= 4 is 5.97 Å². The Balaban J connectivity index is 2.88. The molecule has 0 aromatic heterocycles. The third-order valence-electron chi connectivity index (χ3n) is 3.79. The lowest BCUT2D eigenvalue weighted by molar-refractivity contribution is -0.195. The maximum Gasteiger partial charge on any atom is 0.326 e. The van der Waals surface area contributed by atoms with Crippen LogP contribution in [0.5, 0.6) is 0 Å². The predicted octanol–water partition coefficient (Wildman–Crippen LogP) is 0.956. The van der Waals surface area contributed by atoms with Crippen LogP contribution in [0.25, 0.3) is 0 Å². The number of carbonyl (C=O) groups excluding carboxylic acids is 1. The molecule has 96 valence electrons. The second-order valence-electron chi connectivity index (χ2n) is 4.82. The zero-order valence-corrected chi connectivity index (χ0v) is 11.0. The van der Waals surface area contributed by atoms with Crippen LogP contribution in [0.15, 0.2) is 0 Å². The molecule has 0 bridgehead atoms. The van der Waals surface area contributed by atoms with Gasteiger partial charge in [0, 0.05) is 18.4 Å². The lowest BCUT2D eigenvalue weighted by atomic mass is 9.54. The molecule has 0 spiro atoms. The minimum Gasteiger partial charge on any atom is -0.468 e. The summed E-state index contributed by atoms with van der Waals surface area (Å²) >= 11 is 0. The Morgan fingerprint density at radius 1 is 1.59 bits per heavy atom. The van der Waals surface area contributed by atoms with Gasteiger partial charge in [-0.3, -0.25) is 10.1 Å². The first kappa shape index (κ1) is 14.0. The van der Waals surface area contributed by atoms with Gasteiger partial charge in [0.1, 0.15) is 5.54 Å². The van der Waals surface area contributed by atoms with E-state index in [4.69, 9.17) is 15.9 Å². The van der Waals surface area contributed by atoms with E-state index in [1.807, 2.05) is 20.8 Å². The maximum atomic E-state index is 12.0. The zero-order valence-electron chi connectivity index (χ0n) is 11.0. The average Bonchev–Trinajstić information content (AvgIpc) is 2.31. The van der Waals surface area contributed by atoms with Crippen LogP contribution in [-0.2, 0) is 14.3 Å². The van der Waals surface area contributed by atoms with E-state index >= 15 is 0 Å². The molecule has 0 heterocycles. The Morgan fingerprint density at radius 3 is 2.65 bits per heavy atom. The number of carbonyl (C=O) groups is 1. The summed E-state index contributed by atoms with van der Waals surface area (Å²) in [4.78, 5) is 12.0. The lowest BCUT2D eigenvalue weighted by Gasteiger charge is -2.58. The molecule has 0 amide bonds. The van der Waals surface area contributed by atoms with Crippen molar-refractivity contribution in [3.63, 3.8) is 0 Å². The molecule has 1 fully saturated rings. The first-order chi connectivity index (χ1) is 7.96. The molecule has 1 N–H and O–H groups in total. The number of hydrogen-bond donors (Lipinski definition) is 1. The van der Waals surface area contributed by atoms with E-state index in [2.05, 4.69) is 11.2 Å². The number of rotatable bonds is 5. The van der Waals surface area contributed by atoms with Crippen molar-refractivity contribution in [2.24, 2.45) is 5.41 Å². The minimum absolute atomic E-state index is 0.0527. The summed E-state index contributed by atoms with van der Waals surface area (Å²) in [6.45, 7) is 6.93. The molecule has 1 rings (SSSR count). The van der Waals surface area contributed by atoms with E-state index in [0.29, 0.717) is 19.6 Å². The van der Waals surface area contributed by atoms with E-state index in [0.717, 1.165) is 0 Å². The van der Waals surface area contributed by atoms with Gasteiger partial charge in [0.05, 0.1) is 19.8 Å². The Kier molecular flexibility index (Phi) is 4.18. The first-order valence-corrected chi connectivity index (χ1v) is 5.84. The van der Waals surface area contributed by atoms with E-state index in [1.54, 1.807) is 0 Å². The largest absolute Gasteiger partial charge is 0.468 e. The molecule has 17 heavy (non-hydrogen) atoms. The van der Waals surface area contributed by atoms with Gasteiger partial charge in [-0.2, -0.15) is 0 Å². The van der Waals surface area contributed by atoms with Crippen molar-refractivity contribution in [2.75, 3.05) is 20.3 Å². The SMILES string of the molecule is C#CCN[C@]1(C(=O)OC)C[C@@H](OCC)C1(C)C. The third kappa shape index (κ3) is 2.05.